The van der Waals surface area contributed by atoms with Crippen LogP contribution in [0.5, 0.6) is 0 Å². The van der Waals surface area contributed by atoms with E-state index in [2.05, 4.69) is 10.1 Å². The number of benzene rings is 2. The molecule has 0 spiro atoms. The smallest absolute Gasteiger partial charge is 0.321 e. The van der Waals surface area contributed by atoms with Crippen LogP contribution in [-0.2, 0) is 24.3 Å². The molecule has 8 nitrogen and oxygen atoms in total. The van der Waals surface area contributed by atoms with Crippen LogP contribution in [0.25, 0.3) is 0 Å². The number of hydrogen-bond acceptors (Lipinski definition) is 6. The molecule has 0 bridgehead atoms. The van der Waals surface area contributed by atoms with Gasteiger partial charge in [0.25, 0.3) is 5.91 Å². The first-order chi connectivity index (χ1) is 14.0. The molecule has 0 saturated carbocycles. The molecule has 0 atom stereocenters. The molecule has 0 aliphatic carbocycles. The number of rotatable bonds is 8. The molecule has 12 heteroatoms. The van der Waals surface area contributed by atoms with Gasteiger partial charge in [-0.05, 0) is 36.4 Å². The Morgan fingerprint density at radius 2 is 1.63 bits per heavy atom. The highest BCUT2D eigenvalue weighted by molar-refractivity contribution is 7.89. The first kappa shape index (κ1) is 23.2. The van der Waals surface area contributed by atoms with E-state index in [0.29, 0.717) is 17.8 Å². The summed E-state index contributed by atoms with van der Waals surface area (Å²) in [5.41, 5.74) is 1.36. The van der Waals surface area contributed by atoms with Gasteiger partial charge in [0.05, 0.1) is 0 Å². The molecule has 2 rings (SSSR count). The average Bonchev–Trinajstić information content (AvgIpc) is 2.69. The molecule has 1 amide bonds. The summed E-state index contributed by atoms with van der Waals surface area (Å²) in [7, 11) is -0.962. The zero-order valence-electron chi connectivity index (χ0n) is 15.9. The second-order valence-electron chi connectivity index (χ2n) is 6.15. The number of anilines is 2. The van der Waals surface area contributed by atoms with Gasteiger partial charge in [0, 0.05) is 25.5 Å². The van der Waals surface area contributed by atoms with Crippen LogP contribution < -0.4 is 14.9 Å². The van der Waals surface area contributed by atoms with Gasteiger partial charge >= 0.3 is 5.97 Å². The largest absolute Gasteiger partial charge is 0.455 e. The molecule has 30 heavy (non-hydrogen) atoms. The minimum Gasteiger partial charge on any atom is -0.455 e. The van der Waals surface area contributed by atoms with Crippen molar-refractivity contribution in [2.75, 3.05) is 37.5 Å². The van der Waals surface area contributed by atoms with Crippen LogP contribution >= 0.6 is 0 Å². The van der Waals surface area contributed by atoms with Crippen LogP contribution in [0.1, 0.15) is 0 Å². The quantitative estimate of drug-likeness (QED) is 0.473. The standard InChI is InChI=1S/C18H18F3N3O5S/c1-24(2)12-5-3-11(4-6-12)23-15(25)10-29-16(26)9-22-30(27,28)14-8-7-13(19)17(20)18(14)21/h3-8,22H,9-10H2,1-2H3,(H,23,25). The molecule has 0 heterocycles. The average molecular weight is 445 g/mol. The molecule has 162 valence electrons. The third-order valence-corrected chi connectivity index (χ3v) is 5.15. The fourth-order valence-electron chi connectivity index (χ4n) is 2.18. The van der Waals surface area contributed by atoms with Gasteiger partial charge in [-0.3, -0.25) is 9.59 Å². The lowest BCUT2D eigenvalue weighted by molar-refractivity contribution is -0.146. The van der Waals surface area contributed by atoms with Crippen LogP contribution in [0.3, 0.4) is 0 Å². The highest BCUT2D eigenvalue weighted by Crippen LogP contribution is 2.19. The summed E-state index contributed by atoms with van der Waals surface area (Å²) in [6.45, 7) is -1.65. The Hall–Kier alpha value is -3.12. The number of sulfonamides is 1. The maximum absolute atomic E-state index is 13.6. The third kappa shape index (κ3) is 5.94. The Morgan fingerprint density at radius 3 is 2.23 bits per heavy atom. The van der Waals surface area contributed by atoms with Crippen molar-refractivity contribution in [1.82, 2.24) is 4.72 Å². The Kier molecular flexibility index (Phi) is 7.40. The summed E-state index contributed by atoms with van der Waals surface area (Å²) >= 11 is 0. The highest BCUT2D eigenvalue weighted by atomic mass is 32.2. The second-order valence-corrected chi connectivity index (χ2v) is 7.88. The number of carbonyl (C=O) groups is 2. The first-order valence-corrected chi connectivity index (χ1v) is 9.85. The molecule has 2 aromatic carbocycles. The Bertz CT molecular complexity index is 1040. The Labute approximate surface area is 170 Å². The Morgan fingerprint density at radius 1 is 1.00 bits per heavy atom. The fraction of sp³-hybridized carbons (Fsp3) is 0.222. The summed E-state index contributed by atoms with van der Waals surface area (Å²) in [5, 5.41) is 2.48. The van der Waals surface area contributed by atoms with Gasteiger partial charge in [0.1, 0.15) is 11.4 Å². The van der Waals surface area contributed by atoms with Crippen molar-refractivity contribution in [2.24, 2.45) is 0 Å². The molecule has 0 aliphatic heterocycles. The minimum absolute atomic E-state index is 0.431. The van der Waals surface area contributed by atoms with Gasteiger partial charge in [-0.1, -0.05) is 0 Å². The van der Waals surface area contributed by atoms with E-state index in [9.17, 15) is 31.2 Å². The summed E-state index contributed by atoms with van der Waals surface area (Å²) in [4.78, 5) is 24.1. The first-order valence-electron chi connectivity index (χ1n) is 8.37. The van der Waals surface area contributed by atoms with Crippen molar-refractivity contribution in [2.45, 2.75) is 4.90 Å². The van der Waals surface area contributed by atoms with E-state index in [1.54, 1.807) is 29.0 Å². The molecule has 2 N–H and O–H groups in total. The second kappa shape index (κ2) is 9.59. The summed E-state index contributed by atoms with van der Waals surface area (Å²) in [5.74, 6) is -7.25. The number of ether oxygens (including phenoxy) is 1. The van der Waals surface area contributed by atoms with Crippen molar-refractivity contribution in [3.05, 3.63) is 53.8 Å². The molecule has 2 aromatic rings. The zero-order chi connectivity index (χ0) is 22.5. The van der Waals surface area contributed by atoms with E-state index in [1.165, 1.54) is 0 Å². The number of hydrogen-bond donors (Lipinski definition) is 2. The van der Waals surface area contributed by atoms with E-state index in [0.717, 1.165) is 5.69 Å². The van der Waals surface area contributed by atoms with E-state index in [-0.39, 0.29) is 0 Å². The molecular weight excluding hydrogens is 427 g/mol. The van der Waals surface area contributed by atoms with E-state index >= 15 is 0 Å². The number of halogens is 3. The molecular formula is C18H18F3N3O5S. The van der Waals surface area contributed by atoms with Crippen LogP contribution in [0.2, 0.25) is 0 Å². The maximum Gasteiger partial charge on any atom is 0.321 e. The lowest BCUT2D eigenvalue weighted by Crippen LogP contribution is -2.33. The van der Waals surface area contributed by atoms with Crippen LogP contribution in [-0.4, -0.2) is 47.5 Å². The normalized spacial score (nSPS) is 11.1. The van der Waals surface area contributed by atoms with Crippen LogP contribution in [0, 0.1) is 17.5 Å². The molecule has 0 radical (unpaired) electrons. The molecule has 0 aromatic heterocycles. The van der Waals surface area contributed by atoms with Crippen LogP contribution in [0.15, 0.2) is 41.3 Å². The molecule has 0 fully saturated rings. The van der Waals surface area contributed by atoms with Crippen molar-refractivity contribution in [1.29, 1.82) is 0 Å². The van der Waals surface area contributed by atoms with Gasteiger partial charge in [-0.2, -0.15) is 4.72 Å². The van der Waals surface area contributed by atoms with Crippen molar-refractivity contribution >= 4 is 33.3 Å². The third-order valence-electron chi connectivity index (χ3n) is 3.73. The number of amides is 1. The molecule has 0 saturated heterocycles. The summed E-state index contributed by atoms with van der Waals surface area (Å²) in [6.07, 6.45) is 0. The van der Waals surface area contributed by atoms with Crippen molar-refractivity contribution in [3.8, 4) is 0 Å². The predicted octanol–water partition coefficient (Wildman–Crippen LogP) is 1.63. The summed E-state index contributed by atoms with van der Waals surface area (Å²) < 4.78 is 69.9. The van der Waals surface area contributed by atoms with E-state index in [1.807, 2.05) is 19.0 Å². The van der Waals surface area contributed by atoms with Crippen molar-refractivity contribution in [3.63, 3.8) is 0 Å². The number of carbonyl (C=O) groups excluding carboxylic acids is 2. The topological polar surface area (TPSA) is 105 Å². The van der Waals surface area contributed by atoms with Crippen molar-refractivity contribution < 1.29 is 35.9 Å². The molecule has 0 unspecified atom stereocenters. The minimum atomic E-state index is -4.66. The van der Waals surface area contributed by atoms with Gasteiger partial charge in [-0.15, -0.1) is 0 Å². The predicted molar refractivity (Wildman–Crippen MR) is 102 cm³/mol. The van der Waals surface area contributed by atoms with E-state index < -0.39 is 57.4 Å². The Balaban J connectivity index is 1.85. The number of nitrogens with one attached hydrogen (secondary N) is 2. The maximum atomic E-state index is 13.6. The lowest BCUT2D eigenvalue weighted by atomic mass is 10.2. The van der Waals surface area contributed by atoms with Gasteiger partial charge in [0.2, 0.25) is 10.0 Å². The van der Waals surface area contributed by atoms with Gasteiger partial charge in [-0.25, -0.2) is 21.6 Å². The van der Waals surface area contributed by atoms with Gasteiger partial charge < -0.3 is 15.0 Å². The fourth-order valence-corrected chi connectivity index (χ4v) is 3.22. The SMILES string of the molecule is CN(C)c1ccc(NC(=O)COC(=O)CNS(=O)(=O)c2ccc(F)c(F)c2F)cc1. The number of esters is 1. The lowest BCUT2D eigenvalue weighted by Gasteiger charge is -2.13. The van der Waals surface area contributed by atoms with Gasteiger partial charge in [0.15, 0.2) is 24.1 Å². The highest BCUT2D eigenvalue weighted by Gasteiger charge is 2.24. The number of nitrogens with zero attached hydrogens (tertiary/aromatic N) is 1. The van der Waals surface area contributed by atoms with E-state index in [4.69, 9.17) is 0 Å². The monoisotopic (exact) mass is 445 g/mol. The molecule has 0 aliphatic rings. The summed E-state index contributed by atoms with van der Waals surface area (Å²) in [6, 6.07) is 7.73. The van der Waals surface area contributed by atoms with Crippen LogP contribution in [0.4, 0.5) is 24.5 Å². The zero-order valence-corrected chi connectivity index (χ0v) is 16.7.